The molecule has 1 aliphatic rings. The average molecular weight is 362 g/mol. The van der Waals surface area contributed by atoms with Gasteiger partial charge in [-0.3, -0.25) is 0 Å². The minimum absolute atomic E-state index is 0.603. The van der Waals surface area contributed by atoms with E-state index in [4.69, 9.17) is 9.47 Å². The van der Waals surface area contributed by atoms with Crippen LogP contribution in [0.25, 0.3) is 4.96 Å². The SMILES string of the molecule is CCCSCc1nnc2sc(Cc3ccc4c(c3)OCCO4)nn12. The lowest BCUT2D eigenvalue weighted by Crippen LogP contribution is -2.15. The van der Waals surface area contributed by atoms with Crippen molar-refractivity contribution >= 4 is 28.1 Å². The zero-order chi connectivity index (χ0) is 16.4. The summed E-state index contributed by atoms with van der Waals surface area (Å²) in [7, 11) is 0. The highest BCUT2D eigenvalue weighted by Crippen LogP contribution is 2.31. The van der Waals surface area contributed by atoms with Crippen molar-refractivity contribution in [2.24, 2.45) is 0 Å². The Balaban J connectivity index is 1.52. The zero-order valence-electron chi connectivity index (χ0n) is 13.4. The van der Waals surface area contributed by atoms with Crippen LogP contribution in [0.15, 0.2) is 18.2 Å². The summed E-state index contributed by atoms with van der Waals surface area (Å²) in [6, 6.07) is 6.07. The van der Waals surface area contributed by atoms with Gasteiger partial charge in [-0.05, 0) is 29.9 Å². The quantitative estimate of drug-likeness (QED) is 0.628. The van der Waals surface area contributed by atoms with E-state index >= 15 is 0 Å². The van der Waals surface area contributed by atoms with Crippen LogP contribution in [0.2, 0.25) is 0 Å². The minimum atomic E-state index is 0.603. The monoisotopic (exact) mass is 362 g/mol. The van der Waals surface area contributed by atoms with Gasteiger partial charge in [-0.2, -0.15) is 21.4 Å². The van der Waals surface area contributed by atoms with Crippen molar-refractivity contribution in [3.05, 3.63) is 34.6 Å². The Labute approximate surface area is 148 Å². The maximum absolute atomic E-state index is 5.65. The lowest BCUT2D eigenvalue weighted by Gasteiger charge is -2.18. The van der Waals surface area contributed by atoms with Gasteiger partial charge in [0.25, 0.3) is 0 Å². The number of hydrogen-bond donors (Lipinski definition) is 0. The largest absolute Gasteiger partial charge is 0.486 e. The van der Waals surface area contributed by atoms with Gasteiger partial charge in [0.1, 0.15) is 18.2 Å². The van der Waals surface area contributed by atoms with Gasteiger partial charge in [-0.15, -0.1) is 10.2 Å². The van der Waals surface area contributed by atoms with E-state index in [2.05, 4.69) is 28.3 Å². The highest BCUT2D eigenvalue weighted by molar-refractivity contribution is 7.98. The van der Waals surface area contributed by atoms with Crippen LogP contribution in [0, 0.1) is 0 Å². The number of fused-ring (bicyclic) bond motifs is 2. The first-order valence-corrected chi connectivity index (χ1v) is 9.97. The van der Waals surface area contributed by atoms with E-state index in [-0.39, 0.29) is 0 Å². The van der Waals surface area contributed by atoms with Crippen LogP contribution >= 0.6 is 23.1 Å². The van der Waals surface area contributed by atoms with Crippen molar-refractivity contribution in [1.82, 2.24) is 19.8 Å². The molecule has 1 aliphatic heterocycles. The van der Waals surface area contributed by atoms with Crippen molar-refractivity contribution in [1.29, 1.82) is 0 Å². The highest BCUT2D eigenvalue weighted by Gasteiger charge is 2.15. The Morgan fingerprint density at radius 1 is 1.21 bits per heavy atom. The highest BCUT2D eigenvalue weighted by atomic mass is 32.2. The van der Waals surface area contributed by atoms with E-state index in [9.17, 15) is 0 Å². The fourth-order valence-electron chi connectivity index (χ4n) is 2.54. The number of thioether (sulfide) groups is 1. The Morgan fingerprint density at radius 2 is 2.08 bits per heavy atom. The number of ether oxygens (including phenoxy) is 2. The standard InChI is InChI=1S/C16H18N4O2S2/c1-2-7-23-10-14-17-18-16-20(14)19-15(24-16)9-11-3-4-12-13(8-11)22-6-5-21-12/h3-4,8H,2,5-7,9-10H2,1H3. The number of rotatable bonds is 6. The molecular formula is C16H18N4O2S2. The molecule has 0 saturated heterocycles. The summed E-state index contributed by atoms with van der Waals surface area (Å²) < 4.78 is 13.1. The number of aromatic nitrogens is 4. The molecule has 24 heavy (non-hydrogen) atoms. The molecule has 1 aromatic carbocycles. The second kappa shape index (κ2) is 6.98. The molecule has 0 aliphatic carbocycles. The first-order chi connectivity index (χ1) is 11.8. The Bertz CT molecular complexity index is 846. The van der Waals surface area contributed by atoms with Crippen LogP contribution in [0.1, 0.15) is 29.7 Å². The molecular weight excluding hydrogens is 344 g/mol. The third-order valence-electron chi connectivity index (χ3n) is 3.64. The Morgan fingerprint density at radius 3 is 2.96 bits per heavy atom. The van der Waals surface area contributed by atoms with Gasteiger partial charge in [-0.25, -0.2) is 0 Å². The lowest BCUT2D eigenvalue weighted by molar-refractivity contribution is 0.171. The van der Waals surface area contributed by atoms with Crippen molar-refractivity contribution in [2.45, 2.75) is 25.5 Å². The Hall–Kier alpha value is -1.80. The van der Waals surface area contributed by atoms with E-state index < -0.39 is 0 Å². The average Bonchev–Trinajstić information content (AvgIpc) is 3.16. The molecule has 0 saturated carbocycles. The second-order valence-electron chi connectivity index (χ2n) is 5.51. The van der Waals surface area contributed by atoms with Gasteiger partial charge in [0.15, 0.2) is 17.3 Å². The van der Waals surface area contributed by atoms with Crippen LogP contribution in [0.5, 0.6) is 11.5 Å². The fourth-order valence-corrected chi connectivity index (χ4v) is 4.22. The fraction of sp³-hybridized carbons (Fsp3) is 0.438. The van der Waals surface area contributed by atoms with Crippen LogP contribution in [0.4, 0.5) is 0 Å². The van der Waals surface area contributed by atoms with Crippen LogP contribution in [0.3, 0.4) is 0 Å². The third kappa shape index (κ3) is 3.21. The van der Waals surface area contributed by atoms with Gasteiger partial charge in [0, 0.05) is 6.42 Å². The van der Waals surface area contributed by atoms with Gasteiger partial charge < -0.3 is 9.47 Å². The van der Waals surface area contributed by atoms with Crippen molar-refractivity contribution in [2.75, 3.05) is 19.0 Å². The molecule has 3 aromatic rings. The van der Waals surface area contributed by atoms with Crippen LogP contribution in [-0.2, 0) is 12.2 Å². The molecule has 0 radical (unpaired) electrons. The summed E-state index contributed by atoms with van der Waals surface area (Å²) in [6.45, 7) is 3.40. The molecule has 0 amide bonds. The molecule has 3 heterocycles. The van der Waals surface area contributed by atoms with Gasteiger partial charge >= 0.3 is 0 Å². The Kier molecular flexibility index (Phi) is 4.57. The lowest BCUT2D eigenvalue weighted by atomic mass is 10.1. The first kappa shape index (κ1) is 15.7. The number of hydrogen-bond acceptors (Lipinski definition) is 7. The molecule has 0 unspecified atom stereocenters. The molecule has 0 bridgehead atoms. The predicted octanol–water partition coefficient (Wildman–Crippen LogP) is 3.19. The number of benzene rings is 1. The molecule has 8 heteroatoms. The van der Waals surface area contributed by atoms with Gasteiger partial charge in [-0.1, -0.05) is 24.3 Å². The molecule has 0 atom stereocenters. The maximum Gasteiger partial charge on any atom is 0.234 e. The molecule has 0 spiro atoms. The van der Waals surface area contributed by atoms with E-state index in [0.717, 1.165) is 50.8 Å². The molecule has 0 fully saturated rings. The molecule has 126 valence electrons. The van der Waals surface area contributed by atoms with E-state index in [1.54, 1.807) is 11.3 Å². The smallest absolute Gasteiger partial charge is 0.234 e. The van der Waals surface area contributed by atoms with Crippen LogP contribution in [-0.4, -0.2) is 38.8 Å². The summed E-state index contributed by atoms with van der Waals surface area (Å²) in [5, 5.41) is 14.2. The summed E-state index contributed by atoms with van der Waals surface area (Å²) in [5.41, 5.74) is 1.16. The first-order valence-electron chi connectivity index (χ1n) is 8.00. The van der Waals surface area contributed by atoms with Crippen molar-refractivity contribution < 1.29 is 9.47 Å². The van der Waals surface area contributed by atoms with E-state index in [1.165, 1.54) is 6.42 Å². The molecule has 2 aromatic heterocycles. The predicted molar refractivity (Wildman–Crippen MR) is 95.4 cm³/mol. The number of nitrogens with zero attached hydrogens (tertiary/aromatic N) is 4. The van der Waals surface area contributed by atoms with E-state index in [1.807, 2.05) is 28.4 Å². The zero-order valence-corrected chi connectivity index (χ0v) is 15.0. The second-order valence-corrected chi connectivity index (χ2v) is 7.66. The summed E-state index contributed by atoms with van der Waals surface area (Å²) in [4.78, 5) is 0.856. The summed E-state index contributed by atoms with van der Waals surface area (Å²) in [6.07, 6.45) is 1.92. The maximum atomic E-state index is 5.65. The molecule has 0 N–H and O–H groups in total. The third-order valence-corrected chi connectivity index (χ3v) is 5.70. The van der Waals surface area contributed by atoms with Crippen molar-refractivity contribution in [3.63, 3.8) is 0 Å². The molecule has 6 nitrogen and oxygen atoms in total. The van der Waals surface area contributed by atoms with E-state index in [0.29, 0.717) is 13.2 Å². The normalized spacial score (nSPS) is 13.5. The van der Waals surface area contributed by atoms with Crippen LogP contribution < -0.4 is 9.47 Å². The molecule has 4 rings (SSSR count). The topological polar surface area (TPSA) is 61.5 Å². The van der Waals surface area contributed by atoms with Gasteiger partial charge in [0.2, 0.25) is 4.96 Å². The summed E-state index contributed by atoms with van der Waals surface area (Å²) in [5.74, 6) is 4.54. The summed E-state index contributed by atoms with van der Waals surface area (Å²) >= 11 is 3.45. The minimum Gasteiger partial charge on any atom is -0.486 e. The van der Waals surface area contributed by atoms with Crippen molar-refractivity contribution in [3.8, 4) is 11.5 Å². The van der Waals surface area contributed by atoms with Gasteiger partial charge in [0.05, 0.1) is 5.75 Å².